The van der Waals surface area contributed by atoms with Gasteiger partial charge in [0.2, 0.25) is 5.95 Å². The summed E-state index contributed by atoms with van der Waals surface area (Å²) in [5.74, 6) is 1.69. The third-order valence-electron chi connectivity index (χ3n) is 4.05. The Morgan fingerprint density at radius 3 is 2.21 bits per heavy atom. The summed E-state index contributed by atoms with van der Waals surface area (Å²) in [5.41, 5.74) is 1.81. The molecule has 4 rings (SSSR count). The maximum Gasteiger partial charge on any atom is 0.225 e. The molecule has 0 N–H and O–H groups in total. The lowest BCUT2D eigenvalue weighted by atomic mass is 10.2. The van der Waals surface area contributed by atoms with E-state index in [1.165, 1.54) is 0 Å². The largest absolute Gasteiger partial charge is 0.352 e. The quantitative estimate of drug-likeness (QED) is 0.727. The van der Waals surface area contributed by atoms with Crippen LogP contribution in [0.4, 0.5) is 11.8 Å². The van der Waals surface area contributed by atoms with E-state index in [9.17, 15) is 0 Å². The van der Waals surface area contributed by atoms with Crippen molar-refractivity contribution in [2.24, 2.45) is 0 Å². The monoisotopic (exact) mass is 319 g/mol. The molecular formula is C17H17N7. The van der Waals surface area contributed by atoms with Crippen LogP contribution in [0.5, 0.6) is 0 Å². The zero-order chi connectivity index (χ0) is 16.2. The van der Waals surface area contributed by atoms with Gasteiger partial charge in [0.15, 0.2) is 5.82 Å². The minimum absolute atomic E-state index is 0.787. The van der Waals surface area contributed by atoms with Gasteiger partial charge in [-0.25, -0.2) is 9.97 Å². The van der Waals surface area contributed by atoms with E-state index in [2.05, 4.69) is 34.9 Å². The Balaban J connectivity index is 1.43. The van der Waals surface area contributed by atoms with E-state index in [4.69, 9.17) is 0 Å². The summed E-state index contributed by atoms with van der Waals surface area (Å²) in [7, 11) is 0. The second kappa shape index (κ2) is 6.57. The summed E-state index contributed by atoms with van der Waals surface area (Å²) >= 11 is 0. The van der Waals surface area contributed by atoms with Gasteiger partial charge in [0, 0.05) is 56.5 Å². The van der Waals surface area contributed by atoms with Crippen molar-refractivity contribution in [2.45, 2.75) is 0 Å². The second-order valence-electron chi connectivity index (χ2n) is 5.54. The Morgan fingerprint density at radius 1 is 0.750 bits per heavy atom. The SMILES string of the molecule is c1cnc(N2CCN(c3ccc(-c4cccnc4)nn3)CC2)nc1. The maximum absolute atomic E-state index is 4.37. The van der Waals surface area contributed by atoms with Crippen molar-refractivity contribution in [1.29, 1.82) is 0 Å². The topological polar surface area (TPSA) is 70.9 Å². The van der Waals surface area contributed by atoms with Gasteiger partial charge in [0.1, 0.15) is 0 Å². The molecule has 1 fully saturated rings. The molecule has 0 radical (unpaired) electrons. The smallest absolute Gasteiger partial charge is 0.225 e. The van der Waals surface area contributed by atoms with Crippen LogP contribution in [0.2, 0.25) is 0 Å². The number of anilines is 2. The van der Waals surface area contributed by atoms with Gasteiger partial charge in [0.25, 0.3) is 0 Å². The fourth-order valence-electron chi connectivity index (χ4n) is 2.75. The van der Waals surface area contributed by atoms with Crippen LogP contribution in [0.25, 0.3) is 11.3 Å². The van der Waals surface area contributed by atoms with E-state index in [1.54, 1.807) is 24.8 Å². The molecule has 0 spiro atoms. The van der Waals surface area contributed by atoms with Crippen molar-refractivity contribution in [3.8, 4) is 11.3 Å². The second-order valence-corrected chi connectivity index (χ2v) is 5.54. The summed E-state index contributed by atoms with van der Waals surface area (Å²) in [6, 6.07) is 9.72. The number of nitrogens with zero attached hydrogens (tertiary/aromatic N) is 7. The normalized spacial score (nSPS) is 14.7. The van der Waals surface area contributed by atoms with Crippen molar-refractivity contribution in [2.75, 3.05) is 36.0 Å². The number of hydrogen-bond donors (Lipinski definition) is 0. The lowest BCUT2D eigenvalue weighted by Gasteiger charge is -2.35. The van der Waals surface area contributed by atoms with Gasteiger partial charge in [-0.2, -0.15) is 0 Å². The molecule has 120 valence electrons. The highest BCUT2D eigenvalue weighted by Crippen LogP contribution is 2.19. The molecular weight excluding hydrogens is 302 g/mol. The number of piperazine rings is 1. The summed E-state index contributed by atoms with van der Waals surface area (Å²) in [4.78, 5) is 17.2. The first-order valence-corrected chi connectivity index (χ1v) is 7.91. The molecule has 1 aliphatic heterocycles. The van der Waals surface area contributed by atoms with Crippen LogP contribution in [-0.2, 0) is 0 Å². The first-order chi connectivity index (χ1) is 11.9. The predicted molar refractivity (Wildman–Crippen MR) is 91.7 cm³/mol. The molecule has 7 nitrogen and oxygen atoms in total. The Bertz CT molecular complexity index is 769. The summed E-state index contributed by atoms with van der Waals surface area (Å²) in [6.07, 6.45) is 7.10. The van der Waals surface area contributed by atoms with E-state index in [0.29, 0.717) is 0 Å². The van der Waals surface area contributed by atoms with Gasteiger partial charge >= 0.3 is 0 Å². The summed E-state index contributed by atoms with van der Waals surface area (Å²) in [5, 5.41) is 8.71. The van der Waals surface area contributed by atoms with Crippen LogP contribution >= 0.6 is 0 Å². The van der Waals surface area contributed by atoms with Gasteiger partial charge in [-0.3, -0.25) is 4.98 Å². The Morgan fingerprint density at radius 2 is 1.54 bits per heavy atom. The summed E-state index contributed by atoms with van der Waals surface area (Å²) in [6.45, 7) is 3.49. The molecule has 24 heavy (non-hydrogen) atoms. The van der Waals surface area contributed by atoms with E-state index < -0.39 is 0 Å². The molecule has 0 aromatic carbocycles. The number of rotatable bonds is 3. The summed E-state index contributed by atoms with van der Waals surface area (Å²) < 4.78 is 0. The maximum atomic E-state index is 4.37. The van der Waals surface area contributed by atoms with Crippen molar-refractivity contribution in [1.82, 2.24) is 25.1 Å². The molecule has 1 saturated heterocycles. The van der Waals surface area contributed by atoms with Crippen molar-refractivity contribution in [3.05, 3.63) is 55.1 Å². The highest BCUT2D eigenvalue weighted by atomic mass is 15.3. The zero-order valence-electron chi connectivity index (χ0n) is 13.2. The van der Waals surface area contributed by atoms with E-state index >= 15 is 0 Å². The van der Waals surface area contributed by atoms with Crippen LogP contribution < -0.4 is 9.80 Å². The molecule has 3 aromatic rings. The first kappa shape index (κ1) is 14.5. The molecule has 0 atom stereocenters. The van der Waals surface area contributed by atoms with Crippen molar-refractivity contribution in [3.63, 3.8) is 0 Å². The van der Waals surface area contributed by atoms with Gasteiger partial charge in [-0.1, -0.05) is 0 Å². The Labute approximate surface area is 140 Å². The lowest BCUT2D eigenvalue weighted by Crippen LogP contribution is -2.47. The minimum Gasteiger partial charge on any atom is -0.352 e. The molecule has 3 aromatic heterocycles. The first-order valence-electron chi connectivity index (χ1n) is 7.91. The molecule has 0 saturated carbocycles. The number of hydrogen-bond acceptors (Lipinski definition) is 7. The van der Waals surface area contributed by atoms with E-state index in [1.807, 2.05) is 30.3 Å². The fourth-order valence-corrected chi connectivity index (χ4v) is 2.75. The van der Waals surface area contributed by atoms with Crippen LogP contribution in [0, 0.1) is 0 Å². The van der Waals surface area contributed by atoms with Gasteiger partial charge in [-0.15, -0.1) is 10.2 Å². The standard InChI is InChI=1S/C17H17N7/c1-3-14(13-18-6-1)15-4-5-16(22-21-15)23-9-11-24(12-10-23)17-19-7-2-8-20-17/h1-8,13H,9-12H2. The minimum atomic E-state index is 0.787. The molecule has 1 aliphatic rings. The van der Waals surface area contributed by atoms with E-state index in [-0.39, 0.29) is 0 Å². The fraction of sp³-hybridized carbons (Fsp3) is 0.235. The molecule has 0 amide bonds. The lowest BCUT2D eigenvalue weighted by molar-refractivity contribution is 0.631. The average Bonchev–Trinajstić information content (AvgIpc) is 2.70. The molecule has 7 heteroatoms. The predicted octanol–water partition coefficient (Wildman–Crippen LogP) is 1.66. The molecule has 0 unspecified atom stereocenters. The third kappa shape index (κ3) is 3.01. The molecule has 4 heterocycles. The highest BCUT2D eigenvalue weighted by Gasteiger charge is 2.20. The zero-order valence-corrected chi connectivity index (χ0v) is 13.2. The van der Waals surface area contributed by atoms with Crippen molar-refractivity contribution < 1.29 is 0 Å². The van der Waals surface area contributed by atoms with Gasteiger partial charge in [-0.05, 0) is 30.3 Å². The molecule has 0 aliphatic carbocycles. The number of pyridine rings is 1. The van der Waals surface area contributed by atoms with Gasteiger partial charge < -0.3 is 9.80 Å². The number of aromatic nitrogens is 5. The van der Waals surface area contributed by atoms with Crippen LogP contribution in [0.1, 0.15) is 0 Å². The van der Waals surface area contributed by atoms with Gasteiger partial charge in [0.05, 0.1) is 5.69 Å². The van der Waals surface area contributed by atoms with E-state index in [0.717, 1.165) is 49.2 Å². The van der Waals surface area contributed by atoms with Crippen molar-refractivity contribution >= 4 is 11.8 Å². The third-order valence-corrected chi connectivity index (χ3v) is 4.05. The Kier molecular flexibility index (Phi) is 3.97. The van der Waals surface area contributed by atoms with Crippen LogP contribution in [0.3, 0.4) is 0 Å². The van der Waals surface area contributed by atoms with Crippen LogP contribution in [-0.4, -0.2) is 51.3 Å². The molecule has 0 bridgehead atoms. The average molecular weight is 319 g/mol. The highest BCUT2D eigenvalue weighted by molar-refractivity contribution is 5.58. The Hall–Kier alpha value is -3.09. The van der Waals surface area contributed by atoms with Crippen LogP contribution in [0.15, 0.2) is 55.1 Å².